The van der Waals surface area contributed by atoms with Crippen molar-refractivity contribution in [1.29, 1.82) is 0 Å². The van der Waals surface area contributed by atoms with Crippen molar-refractivity contribution in [2.45, 2.75) is 32.2 Å². The van der Waals surface area contributed by atoms with Gasteiger partial charge in [-0.1, -0.05) is 42.8 Å². The second-order valence-corrected chi connectivity index (χ2v) is 7.22. The lowest BCUT2D eigenvalue weighted by atomic mass is 9.95. The quantitative estimate of drug-likeness (QED) is 0.679. The number of nitrogens with zero attached hydrogens (tertiary/aromatic N) is 2. The summed E-state index contributed by atoms with van der Waals surface area (Å²) >= 11 is 0. The van der Waals surface area contributed by atoms with Crippen molar-refractivity contribution >= 4 is 5.69 Å². The van der Waals surface area contributed by atoms with Crippen LogP contribution in [0.15, 0.2) is 66.9 Å². The lowest BCUT2D eigenvalue weighted by Gasteiger charge is -2.36. The van der Waals surface area contributed by atoms with E-state index in [-0.39, 0.29) is 6.04 Å². The van der Waals surface area contributed by atoms with Crippen LogP contribution in [0.1, 0.15) is 42.1 Å². The van der Waals surface area contributed by atoms with Gasteiger partial charge < -0.3 is 10.3 Å². The maximum Gasteiger partial charge on any atom is 0.0762 e. The van der Waals surface area contributed by atoms with Crippen LogP contribution >= 0.6 is 0 Å². The Morgan fingerprint density at radius 1 is 0.846 bits per heavy atom. The number of rotatable bonds is 4. The maximum atomic E-state index is 6.29. The Bertz CT molecular complexity index is 874. The number of nitrogens with two attached hydrogens (primary N) is 1. The van der Waals surface area contributed by atoms with E-state index in [2.05, 4.69) is 71.1 Å². The van der Waals surface area contributed by atoms with Gasteiger partial charge in [0.05, 0.1) is 17.4 Å². The molecule has 26 heavy (non-hydrogen) atoms. The molecule has 0 aliphatic carbocycles. The zero-order valence-electron chi connectivity index (χ0n) is 15.4. The highest BCUT2D eigenvalue weighted by molar-refractivity contribution is 5.58. The summed E-state index contributed by atoms with van der Waals surface area (Å²) in [6, 6.07) is 21.5. The van der Waals surface area contributed by atoms with Crippen LogP contribution in [0.3, 0.4) is 0 Å². The number of aryl methyl sites for hydroxylation is 1. The Morgan fingerprint density at radius 3 is 2.35 bits per heavy atom. The summed E-state index contributed by atoms with van der Waals surface area (Å²) in [5.74, 6) is 0. The summed E-state index contributed by atoms with van der Waals surface area (Å²) < 4.78 is 2.26. The van der Waals surface area contributed by atoms with Crippen LogP contribution in [0.5, 0.6) is 0 Å². The lowest BCUT2D eigenvalue weighted by Crippen LogP contribution is -2.35. The highest BCUT2D eigenvalue weighted by atomic mass is 15.2. The van der Waals surface area contributed by atoms with E-state index in [1.807, 2.05) is 12.1 Å². The molecule has 1 fully saturated rings. The second kappa shape index (κ2) is 7.38. The molecule has 1 saturated heterocycles. The minimum atomic E-state index is 0.256. The summed E-state index contributed by atoms with van der Waals surface area (Å²) in [6.45, 7) is 4.51. The Hall–Kier alpha value is -2.52. The molecular formula is C23H27N3. The smallest absolute Gasteiger partial charge is 0.0762 e. The molecular weight excluding hydrogens is 318 g/mol. The number of nitrogen functional groups attached to an aromatic ring is 1. The molecule has 0 radical (unpaired) electrons. The minimum Gasteiger partial charge on any atom is -0.397 e. The van der Waals surface area contributed by atoms with E-state index in [9.17, 15) is 0 Å². The van der Waals surface area contributed by atoms with Gasteiger partial charge in [0, 0.05) is 11.9 Å². The van der Waals surface area contributed by atoms with E-state index >= 15 is 0 Å². The molecule has 0 spiro atoms. The van der Waals surface area contributed by atoms with Crippen LogP contribution in [0.25, 0.3) is 5.69 Å². The van der Waals surface area contributed by atoms with Gasteiger partial charge in [0.1, 0.15) is 0 Å². The molecule has 0 amide bonds. The normalized spacial score (nSPS) is 16.5. The molecule has 2 heterocycles. The van der Waals surface area contributed by atoms with Gasteiger partial charge in [0.15, 0.2) is 0 Å². The van der Waals surface area contributed by atoms with Crippen molar-refractivity contribution in [2.24, 2.45) is 0 Å². The van der Waals surface area contributed by atoms with Crippen molar-refractivity contribution in [3.63, 3.8) is 0 Å². The predicted octanol–water partition coefficient (Wildman–Crippen LogP) is 4.94. The van der Waals surface area contributed by atoms with E-state index < -0.39 is 0 Å². The molecule has 1 aliphatic rings. The largest absolute Gasteiger partial charge is 0.397 e. The van der Waals surface area contributed by atoms with Crippen molar-refractivity contribution in [3.8, 4) is 5.69 Å². The summed E-state index contributed by atoms with van der Waals surface area (Å²) in [6.07, 6.45) is 6.02. The molecule has 1 atom stereocenters. The molecule has 134 valence electrons. The first-order valence-electron chi connectivity index (χ1n) is 9.57. The number of aromatic nitrogens is 1. The second-order valence-electron chi connectivity index (χ2n) is 7.22. The molecule has 1 aromatic heterocycles. The van der Waals surface area contributed by atoms with Crippen molar-refractivity contribution < 1.29 is 0 Å². The highest BCUT2D eigenvalue weighted by Crippen LogP contribution is 2.35. The van der Waals surface area contributed by atoms with Gasteiger partial charge in [-0.05, 0) is 68.2 Å². The van der Waals surface area contributed by atoms with Crippen LogP contribution in [0.4, 0.5) is 5.69 Å². The molecule has 3 heteroatoms. The summed E-state index contributed by atoms with van der Waals surface area (Å²) in [4.78, 5) is 2.64. The van der Waals surface area contributed by atoms with Gasteiger partial charge in [-0.15, -0.1) is 0 Å². The van der Waals surface area contributed by atoms with Crippen LogP contribution in [-0.2, 0) is 0 Å². The monoisotopic (exact) mass is 345 g/mol. The van der Waals surface area contributed by atoms with Crippen LogP contribution in [0, 0.1) is 6.92 Å². The summed E-state index contributed by atoms with van der Waals surface area (Å²) in [5.41, 5.74) is 12.2. The third-order valence-electron chi connectivity index (χ3n) is 5.50. The average molecular weight is 345 g/mol. The van der Waals surface area contributed by atoms with E-state index in [0.717, 1.165) is 24.5 Å². The Morgan fingerprint density at radius 2 is 1.58 bits per heavy atom. The Kier molecular flexibility index (Phi) is 4.81. The van der Waals surface area contributed by atoms with Gasteiger partial charge in [0.25, 0.3) is 0 Å². The average Bonchev–Trinajstić information content (AvgIpc) is 3.14. The van der Waals surface area contributed by atoms with Crippen LogP contribution in [-0.4, -0.2) is 22.6 Å². The SMILES string of the molecule is Cc1ccccc1C(c1cccn1-c1ccccc1N)N1CCCCC1. The fourth-order valence-corrected chi connectivity index (χ4v) is 4.16. The first-order valence-corrected chi connectivity index (χ1v) is 9.57. The molecule has 1 aliphatic heterocycles. The van der Waals surface area contributed by atoms with Crippen molar-refractivity contribution in [1.82, 2.24) is 9.47 Å². The predicted molar refractivity (Wildman–Crippen MR) is 109 cm³/mol. The molecule has 4 rings (SSSR count). The molecule has 3 aromatic rings. The van der Waals surface area contributed by atoms with Crippen LogP contribution in [0.2, 0.25) is 0 Å². The molecule has 3 nitrogen and oxygen atoms in total. The summed E-state index contributed by atoms with van der Waals surface area (Å²) in [5, 5.41) is 0. The number of likely N-dealkylation sites (tertiary alicyclic amines) is 1. The zero-order chi connectivity index (χ0) is 17.9. The van der Waals surface area contributed by atoms with Gasteiger partial charge in [-0.2, -0.15) is 0 Å². The van der Waals surface area contributed by atoms with E-state index in [1.165, 1.54) is 36.1 Å². The number of para-hydroxylation sites is 2. The molecule has 0 saturated carbocycles. The number of anilines is 1. The van der Waals surface area contributed by atoms with Gasteiger partial charge in [-0.25, -0.2) is 0 Å². The summed E-state index contributed by atoms with van der Waals surface area (Å²) in [7, 11) is 0. The highest BCUT2D eigenvalue weighted by Gasteiger charge is 2.27. The zero-order valence-corrected chi connectivity index (χ0v) is 15.4. The first kappa shape index (κ1) is 16.9. The lowest BCUT2D eigenvalue weighted by molar-refractivity contribution is 0.183. The Labute approximate surface area is 156 Å². The minimum absolute atomic E-state index is 0.256. The number of benzene rings is 2. The third-order valence-corrected chi connectivity index (χ3v) is 5.50. The molecule has 0 bridgehead atoms. The van der Waals surface area contributed by atoms with Crippen molar-refractivity contribution in [2.75, 3.05) is 18.8 Å². The first-order chi connectivity index (χ1) is 12.8. The van der Waals surface area contributed by atoms with Gasteiger partial charge >= 0.3 is 0 Å². The Balaban J connectivity index is 1.85. The van der Waals surface area contributed by atoms with E-state index in [4.69, 9.17) is 5.73 Å². The van der Waals surface area contributed by atoms with E-state index in [1.54, 1.807) is 0 Å². The molecule has 1 unspecified atom stereocenters. The standard InChI is InChI=1S/C23H27N3/c1-18-10-3-4-11-19(18)23(25-15-7-2-8-16-25)22-14-9-17-26(22)21-13-6-5-12-20(21)24/h3-6,9-14,17,23H,2,7-8,15-16,24H2,1H3. The van der Waals surface area contributed by atoms with Gasteiger partial charge in [0.2, 0.25) is 0 Å². The maximum absolute atomic E-state index is 6.29. The fraction of sp³-hybridized carbons (Fsp3) is 0.304. The number of hydrogen-bond donors (Lipinski definition) is 1. The molecule has 2 N–H and O–H groups in total. The van der Waals surface area contributed by atoms with Gasteiger partial charge in [-0.3, -0.25) is 4.90 Å². The number of piperidine rings is 1. The molecule has 2 aromatic carbocycles. The fourth-order valence-electron chi connectivity index (χ4n) is 4.16. The topological polar surface area (TPSA) is 34.2 Å². The van der Waals surface area contributed by atoms with Crippen LogP contribution < -0.4 is 5.73 Å². The van der Waals surface area contributed by atoms with Crippen molar-refractivity contribution in [3.05, 3.63) is 83.7 Å². The third kappa shape index (κ3) is 3.15. The van der Waals surface area contributed by atoms with E-state index in [0.29, 0.717) is 0 Å². The number of hydrogen-bond acceptors (Lipinski definition) is 2.